The smallest absolute Gasteiger partial charge is 0.263 e. The molecule has 0 radical (unpaired) electrons. The van der Waals surface area contributed by atoms with Crippen LogP contribution in [0.2, 0.25) is 0 Å². The number of rotatable bonds is 3. The number of hydrogen-bond acceptors (Lipinski definition) is 4. The number of nitrogens with zero attached hydrogens (tertiary/aromatic N) is 3. The Morgan fingerprint density at radius 2 is 1.96 bits per heavy atom. The fraction of sp³-hybridized carbons (Fsp3) is 0.105. The molecule has 0 atom stereocenters. The first-order valence-electron chi connectivity index (χ1n) is 7.99. The molecule has 0 amide bonds. The molecular weight excluding hydrogens is 401 g/mol. The second-order valence-electron chi connectivity index (χ2n) is 5.75. The largest absolute Gasteiger partial charge is 0.347 e. The monoisotopic (exact) mass is 413 g/mol. The Bertz CT molecular complexity index is 1170. The van der Waals surface area contributed by atoms with Crippen LogP contribution in [0.4, 0.5) is 4.39 Å². The zero-order chi connectivity index (χ0) is 18.3. The van der Waals surface area contributed by atoms with Gasteiger partial charge in [-0.1, -0.05) is 21.1 Å². The normalized spacial score (nSPS) is 11.2. The average Bonchev–Trinajstić information content (AvgIpc) is 3.13. The van der Waals surface area contributed by atoms with Gasteiger partial charge in [0, 0.05) is 28.2 Å². The SMILES string of the molecule is CCn1cc(-c2nc(-c3ccc(Br)cc3)no2)c(=O)c2cc(F)ccc21. The molecule has 0 fully saturated rings. The van der Waals surface area contributed by atoms with Gasteiger partial charge < -0.3 is 9.09 Å². The molecule has 2 aromatic heterocycles. The van der Waals surface area contributed by atoms with Crippen molar-refractivity contribution in [2.45, 2.75) is 13.5 Å². The standard InChI is InChI=1S/C19H13BrFN3O2/c1-2-24-10-15(17(25)14-9-13(21)7-8-16(14)24)19-22-18(23-26-19)11-3-5-12(20)6-4-11/h3-10H,2H2,1H3. The van der Waals surface area contributed by atoms with E-state index in [0.29, 0.717) is 17.9 Å². The summed E-state index contributed by atoms with van der Waals surface area (Å²) < 4.78 is 21.7. The molecule has 2 aromatic carbocycles. The fourth-order valence-corrected chi connectivity index (χ4v) is 3.10. The summed E-state index contributed by atoms with van der Waals surface area (Å²) in [7, 11) is 0. The zero-order valence-electron chi connectivity index (χ0n) is 13.7. The lowest BCUT2D eigenvalue weighted by Gasteiger charge is -2.09. The van der Waals surface area contributed by atoms with Crippen LogP contribution in [0.15, 0.2) is 62.5 Å². The maximum Gasteiger partial charge on any atom is 0.263 e. The van der Waals surface area contributed by atoms with Crippen molar-refractivity contribution in [3.8, 4) is 22.8 Å². The number of pyridine rings is 1. The lowest BCUT2D eigenvalue weighted by atomic mass is 10.1. The first-order valence-corrected chi connectivity index (χ1v) is 8.79. The summed E-state index contributed by atoms with van der Waals surface area (Å²) in [5, 5.41) is 4.25. The zero-order valence-corrected chi connectivity index (χ0v) is 15.3. The van der Waals surface area contributed by atoms with Crippen LogP contribution in [0, 0.1) is 5.82 Å². The van der Waals surface area contributed by atoms with Crippen molar-refractivity contribution in [2.75, 3.05) is 0 Å². The molecule has 0 aliphatic rings. The van der Waals surface area contributed by atoms with E-state index in [4.69, 9.17) is 4.52 Å². The van der Waals surface area contributed by atoms with E-state index in [1.54, 1.807) is 12.3 Å². The molecule has 0 bridgehead atoms. The van der Waals surface area contributed by atoms with Gasteiger partial charge in [0.1, 0.15) is 11.4 Å². The van der Waals surface area contributed by atoms with Crippen LogP contribution in [0.25, 0.3) is 33.7 Å². The predicted octanol–water partition coefficient (Wildman–Crippen LogP) is 4.64. The van der Waals surface area contributed by atoms with Gasteiger partial charge >= 0.3 is 0 Å². The Morgan fingerprint density at radius 1 is 1.19 bits per heavy atom. The second kappa shape index (κ2) is 6.49. The van der Waals surface area contributed by atoms with Crippen LogP contribution in [0.1, 0.15) is 6.92 Å². The summed E-state index contributed by atoms with van der Waals surface area (Å²) >= 11 is 3.38. The van der Waals surface area contributed by atoms with Crippen molar-refractivity contribution in [2.24, 2.45) is 0 Å². The topological polar surface area (TPSA) is 60.9 Å². The Balaban J connectivity index is 1.88. The number of aromatic nitrogens is 3. The third-order valence-corrected chi connectivity index (χ3v) is 4.67. The minimum Gasteiger partial charge on any atom is -0.347 e. The minimum atomic E-state index is -0.463. The fourth-order valence-electron chi connectivity index (χ4n) is 2.83. The quantitative estimate of drug-likeness (QED) is 0.490. The highest BCUT2D eigenvalue weighted by Crippen LogP contribution is 2.24. The third kappa shape index (κ3) is 2.84. The van der Waals surface area contributed by atoms with Crippen molar-refractivity contribution in [3.05, 3.63) is 69.2 Å². The highest BCUT2D eigenvalue weighted by atomic mass is 79.9. The van der Waals surface area contributed by atoms with E-state index in [-0.39, 0.29) is 22.3 Å². The summed E-state index contributed by atoms with van der Waals surface area (Å²) in [6.07, 6.45) is 1.67. The van der Waals surface area contributed by atoms with Crippen LogP contribution in [-0.2, 0) is 6.54 Å². The molecule has 26 heavy (non-hydrogen) atoms. The van der Waals surface area contributed by atoms with Gasteiger partial charge in [0.15, 0.2) is 0 Å². The molecule has 0 aliphatic heterocycles. The Labute approximate surface area is 156 Å². The molecule has 0 spiro atoms. The van der Waals surface area contributed by atoms with Crippen LogP contribution in [0.5, 0.6) is 0 Å². The highest BCUT2D eigenvalue weighted by molar-refractivity contribution is 9.10. The van der Waals surface area contributed by atoms with E-state index < -0.39 is 5.82 Å². The van der Waals surface area contributed by atoms with E-state index in [9.17, 15) is 9.18 Å². The number of halogens is 2. The minimum absolute atomic E-state index is 0.112. The van der Waals surface area contributed by atoms with E-state index >= 15 is 0 Å². The molecule has 0 aliphatic carbocycles. The molecular formula is C19H13BrFN3O2. The van der Waals surface area contributed by atoms with Crippen molar-refractivity contribution < 1.29 is 8.91 Å². The molecule has 4 rings (SSSR count). The number of benzene rings is 2. The molecule has 4 aromatic rings. The first kappa shape index (κ1) is 16.7. The van der Waals surface area contributed by atoms with E-state index in [1.165, 1.54) is 12.1 Å². The number of aryl methyl sites for hydroxylation is 1. The first-order chi connectivity index (χ1) is 12.6. The van der Waals surface area contributed by atoms with E-state index in [2.05, 4.69) is 26.1 Å². The van der Waals surface area contributed by atoms with Crippen molar-refractivity contribution in [3.63, 3.8) is 0 Å². The summed E-state index contributed by atoms with van der Waals surface area (Å²) in [5.41, 5.74) is 1.34. The molecule has 5 nitrogen and oxygen atoms in total. The molecule has 2 heterocycles. The Hall–Kier alpha value is -2.80. The van der Waals surface area contributed by atoms with Crippen molar-refractivity contribution in [1.29, 1.82) is 0 Å². The van der Waals surface area contributed by atoms with Gasteiger partial charge in [-0.2, -0.15) is 4.98 Å². The predicted molar refractivity (Wildman–Crippen MR) is 100 cm³/mol. The molecule has 0 saturated heterocycles. The van der Waals surface area contributed by atoms with Gasteiger partial charge in [-0.15, -0.1) is 0 Å². The third-order valence-electron chi connectivity index (χ3n) is 4.14. The molecule has 0 saturated carbocycles. The van der Waals surface area contributed by atoms with Gasteiger partial charge in [0.05, 0.1) is 5.52 Å². The van der Waals surface area contributed by atoms with Crippen LogP contribution < -0.4 is 5.43 Å². The maximum atomic E-state index is 13.6. The summed E-state index contributed by atoms with van der Waals surface area (Å²) in [4.78, 5) is 17.2. The lowest BCUT2D eigenvalue weighted by Crippen LogP contribution is -2.12. The summed E-state index contributed by atoms with van der Waals surface area (Å²) in [6.45, 7) is 2.56. The van der Waals surface area contributed by atoms with Crippen molar-refractivity contribution in [1.82, 2.24) is 14.7 Å². The van der Waals surface area contributed by atoms with Crippen LogP contribution >= 0.6 is 15.9 Å². The maximum absolute atomic E-state index is 13.6. The summed E-state index contributed by atoms with van der Waals surface area (Å²) in [6, 6.07) is 11.6. The van der Waals surface area contributed by atoms with Crippen LogP contribution in [0.3, 0.4) is 0 Å². The van der Waals surface area contributed by atoms with E-state index in [0.717, 1.165) is 10.0 Å². The number of hydrogen-bond donors (Lipinski definition) is 0. The highest BCUT2D eigenvalue weighted by Gasteiger charge is 2.17. The summed E-state index contributed by atoms with van der Waals surface area (Å²) in [5.74, 6) is 0.0334. The molecule has 0 unspecified atom stereocenters. The average molecular weight is 414 g/mol. The lowest BCUT2D eigenvalue weighted by molar-refractivity contribution is 0.431. The second-order valence-corrected chi connectivity index (χ2v) is 6.67. The van der Waals surface area contributed by atoms with Gasteiger partial charge in [0.25, 0.3) is 5.89 Å². The van der Waals surface area contributed by atoms with Gasteiger partial charge in [0.2, 0.25) is 11.3 Å². The molecule has 130 valence electrons. The van der Waals surface area contributed by atoms with Crippen molar-refractivity contribution >= 4 is 26.8 Å². The Morgan fingerprint density at radius 3 is 2.69 bits per heavy atom. The van der Waals surface area contributed by atoms with Crippen LogP contribution in [-0.4, -0.2) is 14.7 Å². The molecule has 7 heteroatoms. The van der Waals surface area contributed by atoms with Gasteiger partial charge in [-0.05, 0) is 49.4 Å². The van der Waals surface area contributed by atoms with Gasteiger partial charge in [-0.25, -0.2) is 4.39 Å². The number of fused-ring (bicyclic) bond motifs is 1. The van der Waals surface area contributed by atoms with E-state index in [1.807, 2.05) is 35.8 Å². The molecule has 0 N–H and O–H groups in total. The van der Waals surface area contributed by atoms with Gasteiger partial charge in [-0.3, -0.25) is 4.79 Å². The Kier molecular flexibility index (Phi) is 4.16.